The van der Waals surface area contributed by atoms with Crippen molar-refractivity contribution in [2.24, 2.45) is 5.73 Å². The lowest BCUT2D eigenvalue weighted by atomic mass is 9.97. The summed E-state index contributed by atoms with van der Waals surface area (Å²) in [6.07, 6.45) is 1.15. The van der Waals surface area contributed by atoms with Crippen LogP contribution in [0.25, 0.3) is 0 Å². The molecule has 4 N–H and O–H groups in total. The molecule has 0 radical (unpaired) electrons. The third-order valence-electron chi connectivity index (χ3n) is 3.33. The lowest BCUT2D eigenvalue weighted by molar-refractivity contribution is 0.0314. The number of hydrogen-bond donors (Lipinski definition) is 3. The molecule has 0 saturated heterocycles. The molecule has 1 aromatic carbocycles. The smallest absolute Gasteiger partial charge is 0.251 e. The van der Waals surface area contributed by atoms with Crippen molar-refractivity contribution in [3.05, 3.63) is 35.4 Å². The van der Waals surface area contributed by atoms with Gasteiger partial charge < -0.3 is 16.2 Å². The maximum absolute atomic E-state index is 11.9. The number of hydrogen-bond acceptors (Lipinski definition) is 3. The van der Waals surface area contributed by atoms with Gasteiger partial charge in [0.1, 0.15) is 0 Å². The van der Waals surface area contributed by atoms with Crippen LogP contribution in [0.15, 0.2) is 24.3 Å². The van der Waals surface area contributed by atoms with E-state index >= 15 is 0 Å². The summed E-state index contributed by atoms with van der Waals surface area (Å²) in [6.45, 7) is 3.95. The van der Waals surface area contributed by atoms with Gasteiger partial charge in [0.25, 0.3) is 5.91 Å². The van der Waals surface area contributed by atoms with Crippen LogP contribution in [0.2, 0.25) is 0 Å². The molecular formula is C14H20N2O3. The molecule has 1 aromatic rings. The molecule has 19 heavy (non-hydrogen) atoms. The second-order valence-corrected chi connectivity index (χ2v) is 4.56. The highest BCUT2D eigenvalue weighted by Crippen LogP contribution is 2.13. The summed E-state index contributed by atoms with van der Waals surface area (Å²) in [5.74, 6) is -0.811. The average molecular weight is 264 g/mol. The number of aliphatic hydroxyl groups is 1. The number of amides is 2. The second kappa shape index (κ2) is 6.33. The quantitative estimate of drug-likeness (QED) is 0.717. The maximum atomic E-state index is 11.9. The van der Waals surface area contributed by atoms with Gasteiger partial charge in [-0.3, -0.25) is 9.59 Å². The Hall–Kier alpha value is -1.88. The molecule has 0 fully saturated rings. The maximum Gasteiger partial charge on any atom is 0.251 e. The molecule has 0 bridgehead atoms. The molecule has 0 saturated carbocycles. The normalized spacial score (nSPS) is 11.1. The Morgan fingerprint density at radius 2 is 1.63 bits per heavy atom. The minimum atomic E-state index is -0.872. The summed E-state index contributed by atoms with van der Waals surface area (Å²) in [7, 11) is 0. The monoisotopic (exact) mass is 264 g/mol. The summed E-state index contributed by atoms with van der Waals surface area (Å²) in [6, 6.07) is 6.07. The number of nitrogens with one attached hydrogen (secondary N) is 1. The second-order valence-electron chi connectivity index (χ2n) is 4.56. The van der Waals surface area contributed by atoms with E-state index < -0.39 is 11.5 Å². The van der Waals surface area contributed by atoms with Gasteiger partial charge in [-0.05, 0) is 37.1 Å². The molecule has 0 atom stereocenters. The van der Waals surface area contributed by atoms with Crippen molar-refractivity contribution < 1.29 is 14.7 Å². The van der Waals surface area contributed by atoms with E-state index in [1.54, 1.807) is 0 Å². The number of carbonyl (C=O) groups excluding carboxylic acids is 2. The van der Waals surface area contributed by atoms with Gasteiger partial charge in [-0.1, -0.05) is 13.8 Å². The first kappa shape index (κ1) is 15.2. The van der Waals surface area contributed by atoms with Crippen LogP contribution in [-0.2, 0) is 0 Å². The Bertz CT molecular complexity index is 450. The number of rotatable bonds is 6. The van der Waals surface area contributed by atoms with E-state index in [4.69, 9.17) is 5.73 Å². The van der Waals surface area contributed by atoms with Crippen molar-refractivity contribution in [2.75, 3.05) is 6.54 Å². The highest BCUT2D eigenvalue weighted by molar-refractivity contribution is 5.97. The SMILES string of the molecule is CCC(O)(CC)CNC(=O)c1ccc(C(N)=O)cc1. The van der Waals surface area contributed by atoms with E-state index in [-0.39, 0.29) is 12.5 Å². The van der Waals surface area contributed by atoms with E-state index in [0.29, 0.717) is 24.0 Å². The Morgan fingerprint density at radius 3 is 2.05 bits per heavy atom. The van der Waals surface area contributed by atoms with Crippen LogP contribution in [0.3, 0.4) is 0 Å². The molecule has 0 aliphatic rings. The summed E-state index contributed by atoms with van der Waals surface area (Å²) in [4.78, 5) is 22.8. The summed E-state index contributed by atoms with van der Waals surface area (Å²) in [5, 5.41) is 12.8. The van der Waals surface area contributed by atoms with Gasteiger partial charge in [-0.15, -0.1) is 0 Å². The lowest BCUT2D eigenvalue weighted by Crippen LogP contribution is -2.42. The van der Waals surface area contributed by atoms with Crippen molar-refractivity contribution in [3.8, 4) is 0 Å². The fourth-order valence-electron chi connectivity index (χ4n) is 1.63. The van der Waals surface area contributed by atoms with E-state index in [9.17, 15) is 14.7 Å². The highest BCUT2D eigenvalue weighted by atomic mass is 16.3. The van der Waals surface area contributed by atoms with Crippen molar-refractivity contribution >= 4 is 11.8 Å². The van der Waals surface area contributed by atoms with Gasteiger partial charge in [0.05, 0.1) is 5.60 Å². The summed E-state index contributed by atoms with van der Waals surface area (Å²) < 4.78 is 0. The molecule has 0 aliphatic heterocycles. The Labute approximate surface area is 112 Å². The predicted molar refractivity (Wildman–Crippen MR) is 72.8 cm³/mol. The van der Waals surface area contributed by atoms with Crippen LogP contribution in [0.4, 0.5) is 0 Å². The fraction of sp³-hybridized carbons (Fsp3) is 0.429. The molecule has 0 aromatic heterocycles. The first-order chi connectivity index (χ1) is 8.91. The van der Waals surface area contributed by atoms with Gasteiger partial charge in [0.15, 0.2) is 0 Å². The van der Waals surface area contributed by atoms with Gasteiger partial charge in [-0.2, -0.15) is 0 Å². The number of carbonyl (C=O) groups is 2. The van der Waals surface area contributed by atoms with E-state index in [1.165, 1.54) is 24.3 Å². The highest BCUT2D eigenvalue weighted by Gasteiger charge is 2.22. The summed E-state index contributed by atoms with van der Waals surface area (Å²) in [5.41, 5.74) is 5.03. The largest absolute Gasteiger partial charge is 0.388 e. The Kier molecular flexibility index (Phi) is 5.06. The fourth-order valence-corrected chi connectivity index (χ4v) is 1.63. The van der Waals surface area contributed by atoms with Crippen molar-refractivity contribution in [3.63, 3.8) is 0 Å². The third kappa shape index (κ3) is 4.06. The first-order valence-electron chi connectivity index (χ1n) is 6.32. The zero-order chi connectivity index (χ0) is 14.5. The van der Waals surface area contributed by atoms with Crippen LogP contribution >= 0.6 is 0 Å². The van der Waals surface area contributed by atoms with Crippen LogP contribution in [-0.4, -0.2) is 29.1 Å². The zero-order valence-electron chi connectivity index (χ0n) is 11.3. The topological polar surface area (TPSA) is 92.4 Å². The third-order valence-corrected chi connectivity index (χ3v) is 3.33. The van der Waals surface area contributed by atoms with Gasteiger partial charge in [-0.25, -0.2) is 0 Å². The van der Waals surface area contributed by atoms with Crippen LogP contribution < -0.4 is 11.1 Å². The van der Waals surface area contributed by atoms with Crippen LogP contribution in [0.5, 0.6) is 0 Å². The lowest BCUT2D eigenvalue weighted by Gasteiger charge is -2.25. The molecule has 2 amide bonds. The average Bonchev–Trinajstić information content (AvgIpc) is 2.44. The minimum absolute atomic E-state index is 0.205. The minimum Gasteiger partial charge on any atom is -0.388 e. The number of benzene rings is 1. The van der Waals surface area contributed by atoms with Crippen molar-refractivity contribution in [1.82, 2.24) is 5.32 Å². The number of primary amides is 1. The standard InChI is InChI=1S/C14H20N2O3/c1-3-14(19,4-2)9-16-13(18)11-7-5-10(6-8-11)12(15)17/h5-8,19H,3-4,9H2,1-2H3,(H2,15,17)(H,16,18). The van der Waals surface area contributed by atoms with E-state index in [0.717, 1.165) is 0 Å². The summed E-state index contributed by atoms with van der Waals surface area (Å²) >= 11 is 0. The van der Waals surface area contributed by atoms with E-state index in [2.05, 4.69) is 5.32 Å². The first-order valence-corrected chi connectivity index (χ1v) is 6.32. The van der Waals surface area contributed by atoms with Crippen LogP contribution in [0.1, 0.15) is 47.4 Å². The predicted octanol–water partition coefficient (Wildman–Crippen LogP) is 1.07. The van der Waals surface area contributed by atoms with E-state index in [1.807, 2.05) is 13.8 Å². The van der Waals surface area contributed by atoms with Crippen molar-refractivity contribution in [1.29, 1.82) is 0 Å². The molecule has 0 unspecified atom stereocenters. The molecule has 104 valence electrons. The number of nitrogens with two attached hydrogens (primary N) is 1. The molecule has 1 rings (SSSR count). The molecule has 5 heteroatoms. The molecule has 0 spiro atoms. The molecule has 0 aliphatic carbocycles. The Morgan fingerprint density at radius 1 is 1.16 bits per heavy atom. The zero-order valence-corrected chi connectivity index (χ0v) is 11.3. The molecule has 5 nitrogen and oxygen atoms in total. The molecule has 0 heterocycles. The van der Waals surface area contributed by atoms with Gasteiger partial charge in [0, 0.05) is 17.7 Å². The van der Waals surface area contributed by atoms with Crippen LogP contribution in [0, 0.1) is 0 Å². The van der Waals surface area contributed by atoms with Gasteiger partial charge >= 0.3 is 0 Å². The van der Waals surface area contributed by atoms with Gasteiger partial charge in [0.2, 0.25) is 5.91 Å². The van der Waals surface area contributed by atoms with Crippen molar-refractivity contribution in [2.45, 2.75) is 32.3 Å². The molecular weight excluding hydrogens is 244 g/mol. The Balaban J connectivity index is 2.66.